The van der Waals surface area contributed by atoms with Gasteiger partial charge in [0.05, 0.1) is 0 Å². The third kappa shape index (κ3) is 2.45. The van der Waals surface area contributed by atoms with Crippen LogP contribution in [-0.2, 0) is 9.59 Å². The molecule has 0 radical (unpaired) electrons. The van der Waals surface area contributed by atoms with Crippen LogP contribution in [0.25, 0.3) is 0 Å². The fourth-order valence-electron chi connectivity index (χ4n) is 1.52. The van der Waals surface area contributed by atoms with E-state index in [0.717, 1.165) is 0 Å². The zero-order chi connectivity index (χ0) is 12.4. The smallest absolute Gasteiger partial charge is 0.307 e. The highest BCUT2D eigenvalue weighted by atomic mass is 35.5. The van der Waals surface area contributed by atoms with Crippen molar-refractivity contribution in [1.29, 1.82) is 0 Å². The molecule has 1 aliphatic heterocycles. The molecule has 0 atom stereocenters. The normalized spacial score (nSPS) is 15.2. The van der Waals surface area contributed by atoms with Gasteiger partial charge in [0.25, 0.3) is 0 Å². The molecule has 0 bridgehead atoms. The third-order valence-corrected chi connectivity index (χ3v) is 2.60. The molecule has 5 nitrogen and oxygen atoms in total. The molecule has 4 amide bonds. The average molecular weight is 253 g/mol. The van der Waals surface area contributed by atoms with Crippen LogP contribution in [0, 0.1) is 0 Å². The van der Waals surface area contributed by atoms with Gasteiger partial charge in [-0.3, -0.25) is 9.59 Å². The number of carbonyl (C=O) groups excluding carboxylic acids is 3. The van der Waals surface area contributed by atoms with E-state index in [2.05, 4.69) is 5.32 Å². The number of anilines is 1. The number of amides is 4. The van der Waals surface area contributed by atoms with Crippen LogP contribution in [0.3, 0.4) is 0 Å². The Morgan fingerprint density at radius 1 is 1.12 bits per heavy atom. The summed E-state index contributed by atoms with van der Waals surface area (Å²) < 4.78 is 0. The summed E-state index contributed by atoms with van der Waals surface area (Å²) in [6.07, 6.45) is 0.180. The summed E-state index contributed by atoms with van der Waals surface area (Å²) in [7, 11) is 0. The number of nitrogens with one attached hydrogen (secondary N) is 1. The number of nitrogens with zero attached hydrogens (tertiary/aromatic N) is 1. The second kappa shape index (κ2) is 4.55. The summed E-state index contributed by atoms with van der Waals surface area (Å²) in [5.74, 6) is -0.942. The minimum atomic E-state index is -0.722. The first kappa shape index (κ1) is 11.6. The van der Waals surface area contributed by atoms with Crippen LogP contribution in [0.5, 0.6) is 0 Å². The first-order valence-electron chi connectivity index (χ1n) is 5.00. The number of urea groups is 1. The monoisotopic (exact) mass is 252 g/mol. The van der Waals surface area contributed by atoms with E-state index in [1.807, 2.05) is 0 Å². The van der Waals surface area contributed by atoms with Gasteiger partial charge in [-0.25, -0.2) is 9.69 Å². The zero-order valence-corrected chi connectivity index (χ0v) is 9.53. The lowest BCUT2D eigenvalue weighted by atomic mass is 10.3. The minimum absolute atomic E-state index is 0.0901. The van der Waals surface area contributed by atoms with E-state index < -0.39 is 17.8 Å². The number of halogens is 1. The Balaban J connectivity index is 2.09. The first-order chi connectivity index (χ1) is 8.08. The molecule has 1 heterocycles. The fourth-order valence-corrected chi connectivity index (χ4v) is 1.64. The summed E-state index contributed by atoms with van der Waals surface area (Å²) in [5, 5.41) is 3.00. The average Bonchev–Trinajstić information content (AvgIpc) is 2.62. The van der Waals surface area contributed by atoms with Gasteiger partial charge < -0.3 is 5.32 Å². The maximum absolute atomic E-state index is 11.7. The van der Waals surface area contributed by atoms with Crippen LogP contribution in [-0.4, -0.2) is 22.7 Å². The lowest BCUT2D eigenvalue weighted by Crippen LogP contribution is -2.38. The van der Waals surface area contributed by atoms with Gasteiger partial charge in [-0.2, -0.15) is 0 Å². The van der Waals surface area contributed by atoms with Gasteiger partial charge in [-0.05, 0) is 24.3 Å². The van der Waals surface area contributed by atoms with Crippen LogP contribution in [0.4, 0.5) is 10.5 Å². The molecule has 0 unspecified atom stereocenters. The van der Waals surface area contributed by atoms with Gasteiger partial charge >= 0.3 is 6.03 Å². The molecule has 0 saturated carbocycles. The Kier molecular flexibility index (Phi) is 3.10. The van der Waals surface area contributed by atoms with E-state index in [-0.39, 0.29) is 12.8 Å². The number of hydrogen-bond donors (Lipinski definition) is 1. The highest BCUT2D eigenvalue weighted by molar-refractivity contribution is 6.30. The number of benzene rings is 1. The summed E-state index contributed by atoms with van der Waals surface area (Å²) in [6.45, 7) is 0. The van der Waals surface area contributed by atoms with Gasteiger partial charge in [-0.15, -0.1) is 0 Å². The molecule has 1 aromatic rings. The number of likely N-dealkylation sites (tertiary alicyclic amines) is 1. The first-order valence-corrected chi connectivity index (χ1v) is 5.38. The second-order valence-electron chi connectivity index (χ2n) is 3.56. The Bertz CT molecular complexity index is 468. The molecule has 1 aromatic carbocycles. The van der Waals surface area contributed by atoms with Crippen LogP contribution < -0.4 is 5.32 Å². The zero-order valence-electron chi connectivity index (χ0n) is 8.77. The topological polar surface area (TPSA) is 66.5 Å². The summed E-state index contributed by atoms with van der Waals surface area (Å²) in [4.78, 5) is 34.9. The quantitative estimate of drug-likeness (QED) is 0.778. The van der Waals surface area contributed by atoms with Gasteiger partial charge in [0.2, 0.25) is 11.8 Å². The summed E-state index contributed by atoms with van der Waals surface area (Å²) in [5.41, 5.74) is 0.479. The van der Waals surface area contributed by atoms with Crippen molar-refractivity contribution < 1.29 is 14.4 Å². The van der Waals surface area contributed by atoms with Crippen molar-refractivity contribution in [1.82, 2.24) is 4.90 Å². The highest BCUT2D eigenvalue weighted by Crippen LogP contribution is 2.16. The summed E-state index contributed by atoms with van der Waals surface area (Å²) in [6, 6.07) is 5.66. The molecular weight excluding hydrogens is 244 g/mol. The number of hydrogen-bond acceptors (Lipinski definition) is 3. The van der Waals surface area contributed by atoms with Crippen molar-refractivity contribution in [3.05, 3.63) is 29.3 Å². The number of carbonyl (C=O) groups is 3. The second-order valence-corrected chi connectivity index (χ2v) is 4.00. The van der Waals surface area contributed by atoms with E-state index in [4.69, 9.17) is 11.6 Å². The molecule has 1 fully saturated rings. The summed E-state index contributed by atoms with van der Waals surface area (Å²) >= 11 is 5.69. The van der Waals surface area contributed by atoms with E-state index in [0.29, 0.717) is 15.6 Å². The van der Waals surface area contributed by atoms with E-state index in [9.17, 15) is 14.4 Å². The van der Waals surface area contributed by atoms with Gasteiger partial charge in [0, 0.05) is 23.6 Å². The molecule has 6 heteroatoms. The van der Waals surface area contributed by atoms with Crippen LogP contribution in [0.15, 0.2) is 24.3 Å². The maximum Gasteiger partial charge on any atom is 0.335 e. The third-order valence-electron chi connectivity index (χ3n) is 2.35. The molecule has 1 aliphatic rings. The lowest BCUT2D eigenvalue weighted by molar-refractivity contribution is -0.134. The molecule has 0 spiro atoms. The molecule has 0 aromatic heterocycles. The Labute approximate surface area is 102 Å². The number of imide groups is 3. The van der Waals surface area contributed by atoms with Crippen molar-refractivity contribution in [3.63, 3.8) is 0 Å². The van der Waals surface area contributed by atoms with Crippen molar-refractivity contribution in [2.45, 2.75) is 12.8 Å². The highest BCUT2D eigenvalue weighted by Gasteiger charge is 2.34. The van der Waals surface area contributed by atoms with Crippen molar-refractivity contribution in [3.8, 4) is 0 Å². The minimum Gasteiger partial charge on any atom is -0.307 e. The van der Waals surface area contributed by atoms with Gasteiger partial charge in [0.1, 0.15) is 0 Å². The molecular formula is C11H9ClN2O3. The molecule has 0 aliphatic carbocycles. The molecule has 2 rings (SSSR count). The van der Waals surface area contributed by atoms with E-state index in [1.54, 1.807) is 24.3 Å². The number of rotatable bonds is 1. The van der Waals surface area contributed by atoms with Crippen LogP contribution >= 0.6 is 11.6 Å². The standard InChI is InChI=1S/C11H9ClN2O3/c12-7-1-3-8(4-2-7)13-11(17)14-9(15)5-6-10(14)16/h1-4H,5-6H2,(H,13,17). The van der Waals surface area contributed by atoms with Crippen LogP contribution in [0.1, 0.15) is 12.8 Å². The van der Waals surface area contributed by atoms with Gasteiger partial charge in [-0.1, -0.05) is 11.6 Å². The molecule has 17 heavy (non-hydrogen) atoms. The van der Waals surface area contributed by atoms with Crippen LogP contribution in [0.2, 0.25) is 5.02 Å². The molecule has 88 valence electrons. The van der Waals surface area contributed by atoms with Gasteiger partial charge in [0.15, 0.2) is 0 Å². The van der Waals surface area contributed by atoms with Crippen molar-refractivity contribution in [2.75, 3.05) is 5.32 Å². The van der Waals surface area contributed by atoms with E-state index in [1.165, 1.54) is 0 Å². The largest absolute Gasteiger partial charge is 0.335 e. The SMILES string of the molecule is O=C1CCC(=O)N1C(=O)Nc1ccc(Cl)cc1. The maximum atomic E-state index is 11.7. The Morgan fingerprint density at radius 2 is 1.65 bits per heavy atom. The lowest BCUT2D eigenvalue weighted by Gasteiger charge is -2.12. The van der Waals surface area contributed by atoms with Crippen molar-refractivity contribution in [2.24, 2.45) is 0 Å². The molecule has 1 saturated heterocycles. The van der Waals surface area contributed by atoms with E-state index >= 15 is 0 Å². The predicted octanol–water partition coefficient (Wildman–Crippen LogP) is 2.02. The predicted molar refractivity (Wildman–Crippen MR) is 61.6 cm³/mol. The fraction of sp³-hybridized carbons (Fsp3) is 0.182. The molecule has 1 N–H and O–H groups in total. The van der Waals surface area contributed by atoms with Crippen molar-refractivity contribution >= 4 is 35.1 Å². The Hall–Kier alpha value is -1.88. The Morgan fingerprint density at radius 3 is 2.18 bits per heavy atom.